The molecule has 1 atom stereocenters. The van der Waals surface area contributed by atoms with Crippen LogP contribution in [0.5, 0.6) is 0 Å². The van der Waals surface area contributed by atoms with Gasteiger partial charge in [0.2, 0.25) is 0 Å². The van der Waals surface area contributed by atoms with Gasteiger partial charge in [0.15, 0.2) is 0 Å². The summed E-state index contributed by atoms with van der Waals surface area (Å²) in [5.41, 5.74) is 0.206. The molecule has 1 rings (SSSR count). The quantitative estimate of drug-likeness (QED) is 0.798. The second-order valence-electron chi connectivity index (χ2n) is 4.59. The zero-order valence-electron chi connectivity index (χ0n) is 11.0. The summed E-state index contributed by atoms with van der Waals surface area (Å²) in [6.45, 7) is 1.83. The molecule has 0 bridgehead atoms. The minimum absolute atomic E-state index is 0.279. The number of carbonyl (C=O) groups is 1. The maximum absolute atomic E-state index is 11.9. The van der Waals surface area contributed by atoms with E-state index in [0.29, 0.717) is 16.5 Å². The molecule has 0 aromatic heterocycles. The standard InChI is InChI=1S/C13H17Cl2NO2/c1-13(16(2)3,12(17)18-4)8-9-5-6-10(14)11(15)7-9/h5-7H,8H2,1-4H3. The van der Waals surface area contributed by atoms with Gasteiger partial charge in [0.1, 0.15) is 5.54 Å². The van der Waals surface area contributed by atoms with E-state index in [0.717, 1.165) is 5.56 Å². The third kappa shape index (κ3) is 3.16. The van der Waals surface area contributed by atoms with Crippen LogP contribution in [0.3, 0.4) is 0 Å². The third-order valence-corrected chi connectivity index (χ3v) is 3.88. The Balaban J connectivity index is 3.04. The van der Waals surface area contributed by atoms with E-state index >= 15 is 0 Å². The van der Waals surface area contributed by atoms with E-state index in [1.807, 2.05) is 32.0 Å². The van der Waals surface area contributed by atoms with Crippen molar-refractivity contribution in [1.29, 1.82) is 0 Å². The number of rotatable bonds is 4. The SMILES string of the molecule is COC(=O)C(C)(Cc1ccc(Cl)c(Cl)c1)N(C)C. The molecule has 1 unspecified atom stereocenters. The average molecular weight is 290 g/mol. The molecule has 0 saturated heterocycles. The summed E-state index contributed by atoms with van der Waals surface area (Å²) in [5, 5.41) is 0.991. The molecule has 0 fully saturated rings. The molecule has 0 saturated carbocycles. The van der Waals surface area contributed by atoms with Crippen LogP contribution in [0.2, 0.25) is 10.0 Å². The van der Waals surface area contributed by atoms with Gasteiger partial charge in [-0.2, -0.15) is 0 Å². The van der Waals surface area contributed by atoms with E-state index in [2.05, 4.69) is 0 Å². The molecule has 0 aliphatic heterocycles. The number of carbonyl (C=O) groups excluding carboxylic acids is 1. The Morgan fingerprint density at radius 2 is 1.94 bits per heavy atom. The van der Waals surface area contributed by atoms with Crippen LogP contribution in [-0.4, -0.2) is 37.6 Å². The summed E-state index contributed by atoms with van der Waals surface area (Å²) < 4.78 is 4.86. The van der Waals surface area contributed by atoms with E-state index in [-0.39, 0.29) is 5.97 Å². The van der Waals surface area contributed by atoms with Crippen molar-refractivity contribution in [3.8, 4) is 0 Å². The smallest absolute Gasteiger partial charge is 0.326 e. The maximum atomic E-state index is 11.9. The molecule has 1 aromatic carbocycles. The number of likely N-dealkylation sites (N-methyl/N-ethyl adjacent to an activating group) is 1. The van der Waals surface area contributed by atoms with Gasteiger partial charge in [-0.05, 0) is 38.7 Å². The first-order chi connectivity index (χ1) is 8.31. The molecular weight excluding hydrogens is 273 g/mol. The predicted octanol–water partition coefficient (Wildman–Crippen LogP) is 3.03. The van der Waals surface area contributed by atoms with Crippen LogP contribution < -0.4 is 0 Å². The molecule has 100 valence electrons. The van der Waals surface area contributed by atoms with Crippen molar-refractivity contribution in [1.82, 2.24) is 4.90 Å². The maximum Gasteiger partial charge on any atom is 0.326 e. The molecular formula is C13H17Cl2NO2. The van der Waals surface area contributed by atoms with Gasteiger partial charge < -0.3 is 4.74 Å². The van der Waals surface area contributed by atoms with Gasteiger partial charge in [0, 0.05) is 6.42 Å². The third-order valence-electron chi connectivity index (χ3n) is 3.14. The summed E-state index contributed by atoms with van der Waals surface area (Å²) in [4.78, 5) is 13.7. The second-order valence-corrected chi connectivity index (χ2v) is 5.40. The van der Waals surface area contributed by atoms with Crippen LogP contribution in [0.15, 0.2) is 18.2 Å². The summed E-state index contributed by atoms with van der Waals surface area (Å²) in [5.74, 6) is -0.279. The second kappa shape index (κ2) is 5.91. The fraction of sp³-hybridized carbons (Fsp3) is 0.462. The van der Waals surface area contributed by atoms with Crippen molar-refractivity contribution in [3.63, 3.8) is 0 Å². The van der Waals surface area contributed by atoms with Crippen LogP contribution in [0.25, 0.3) is 0 Å². The van der Waals surface area contributed by atoms with Gasteiger partial charge in [-0.25, -0.2) is 0 Å². The lowest BCUT2D eigenvalue weighted by Crippen LogP contribution is -2.51. The van der Waals surface area contributed by atoms with Gasteiger partial charge in [-0.1, -0.05) is 29.3 Å². The Morgan fingerprint density at radius 3 is 2.39 bits per heavy atom. The molecule has 0 heterocycles. The first-order valence-electron chi connectivity index (χ1n) is 5.51. The van der Waals surface area contributed by atoms with E-state index < -0.39 is 5.54 Å². The molecule has 1 aromatic rings. The zero-order chi connectivity index (χ0) is 13.9. The van der Waals surface area contributed by atoms with Gasteiger partial charge in [-0.3, -0.25) is 9.69 Å². The molecule has 0 N–H and O–H groups in total. The molecule has 0 spiro atoms. The highest BCUT2D eigenvalue weighted by atomic mass is 35.5. The van der Waals surface area contributed by atoms with Crippen molar-refractivity contribution in [3.05, 3.63) is 33.8 Å². The number of benzene rings is 1. The lowest BCUT2D eigenvalue weighted by atomic mass is 9.91. The minimum atomic E-state index is -0.730. The number of hydrogen-bond donors (Lipinski definition) is 0. The van der Waals surface area contributed by atoms with E-state index in [4.69, 9.17) is 27.9 Å². The van der Waals surface area contributed by atoms with Crippen LogP contribution in [0.4, 0.5) is 0 Å². The summed E-state index contributed by atoms with van der Waals surface area (Å²) in [7, 11) is 5.07. The highest BCUT2D eigenvalue weighted by Crippen LogP contribution is 2.26. The van der Waals surface area contributed by atoms with Crippen molar-refractivity contribution >= 4 is 29.2 Å². The number of hydrogen-bond acceptors (Lipinski definition) is 3. The van der Waals surface area contributed by atoms with Crippen LogP contribution in [0, 0.1) is 0 Å². The first-order valence-corrected chi connectivity index (χ1v) is 6.26. The van der Waals surface area contributed by atoms with Crippen LogP contribution in [-0.2, 0) is 16.0 Å². The van der Waals surface area contributed by atoms with Crippen LogP contribution in [0.1, 0.15) is 12.5 Å². The largest absolute Gasteiger partial charge is 0.468 e. The number of ether oxygens (including phenoxy) is 1. The van der Waals surface area contributed by atoms with Crippen LogP contribution >= 0.6 is 23.2 Å². The molecule has 0 aliphatic rings. The van der Waals surface area contributed by atoms with Gasteiger partial charge in [-0.15, -0.1) is 0 Å². The molecule has 18 heavy (non-hydrogen) atoms. The molecule has 0 amide bonds. The Hall–Kier alpha value is -0.770. The zero-order valence-corrected chi connectivity index (χ0v) is 12.5. The number of halogens is 2. The van der Waals surface area contributed by atoms with E-state index in [1.54, 1.807) is 12.1 Å². The van der Waals surface area contributed by atoms with E-state index in [9.17, 15) is 4.79 Å². The fourth-order valence-electron chi connectivity index (χ4n) is 1.68. The molecule has 3 nitrogen and oxygen atoms in total. The van der Waals surface area contributed by atoms with Gasteiger partial charge in [0.05, 0.1) is 17.2 Å². The minimum Gasteiger partial charge on any atom is -0.468 e. The Morgan fingerprint density at radius 1 is 1.33 bits per heavy atom. The summed E-state index contributed by atoms with van der Waals surface area (Å²) in [6, 6.07) is 5.36. The summed E-state index contributed by atoms with van der Waals surface area (Å²) >= 11 is 11.8. The molecule has 0 aliphatic carbocycles. The normalized spacial score (nSPS) is 14.4. The van der Waals surface area contributed by atoms with Crippen molar-refractivity contribution in [2.75, 3.05) is 21.2 Å². The lowest BCUT2D eigenvalue weighted by Gasteiger charge is -2.33. The number of nitrogens with zero attached hydrogens (tertiary/aromatic N) is 1. The van der Waals surface area contributed by atoms with Crippen molar-refractivity contribution in [2.45, 2.75) is 18.9 Å². The molecule has 5 heteroatoms. The fourth-order valence-corrected chi connectivity index (χ4v) is 2.00. The van der Waals surface area contributed by atoms with E-state index in [1.165, 1.54) is 7.11 Å². The molecule has 0 radical (unpaired) electrons. The van der Waals surface area contributed by atoms with Gasteiger partial charge >= 0.3 is 5.97 Å². The average Bonchev–Trinajstić information content (AvgIpc) is 2.32. The highest BCUT2D eigenvalue weighted by molar-refractivity contribution is 6.42. The lowest BCUT2D eigenvalue weighted by molar-refractivity contribution is -0.152. The van der Waals surface area contributed by atoms with Gasteiger partial charge in [0.25, 0.3) is 0 Å². The number of esters is 1. The number of methoxy groups -OCH3 is 1. The van der Waals surface area contributed by atoms with Crippen molar-refractivity contribution < 1.29 is 9.53 Å². The summed E-state index contributed by atoms with van der Waals surface area (Å²) in [6.07, 6.45) is 0.504. The Kier molecular flexibility index (Phi) is 5.02. The topological polar surface area (TPSA) is 29.5 Å². The van der Waals surface area contributed by atoms with Crippen molar-refractivity contribution in [2.24, 2.45) is 0 Å². The Labute approximate surface area is 118 Å². The monoisotopic (exact) mass is 289 g/mol. The Bertz CT molecular complexity index is 449. The first kappa shape index (κ1) is 15.3. The highest BCUT2D eigenvalue weighted by Gasteiger charge is 2.37. The predicted molar refractivity (Wildman–Crippen MR) is 74.3 cm³/mol.